The predicted molar refractivity (Wildman–Crippen MR) is 99.3 cm³/mol. The summed E-state index contributed by atoms with van der Waals surface area (Å²) in [7, 11) is 0. The Hall–Kier alpha value is -1.57. The molecule has 3 saturated heterocycles. The highest BCUT2D eigenvalue weighted by Gasteiger charge is 2.45. The molecule has 0 radical (unpaired) electrons. The van der Waals surface area contributed by atoms with Crippen LogP contribution in [0.1, 0.15) is 12.0 Å². The molecule has 3 aliphatic rings. The maximum absolute atomic E-state index is 4.59. The Bertz CT molecular complexity index is 885. The van der Waals surface area contributed by atoms with E-state index in [1.165, 1.54) is 16.7 Å². The second kappa shape index (κ2) is 5.75. The molecule has 3 fully saturated rings. The number of anilines is 1. The zero-order valence-electron chi connectivity index (χ0n) is 13.0. The van der Waals surface area contributed by atoms with Gasteiger partial charge in [0.1, 0.15) is 6.33 Å². The third-order valence-corrected chi connectivity index (χ3v) is 6.24. The Morgan fingerprint density at radius 1 is 1.21 bits per heavy atom. The third kappa shape index (κ3) is 2.42. The fourth-order valence-electron chi connectivity index (χ4n) is 3.93. The highest BCUT2D eigenvalue weighted by Crippen LogP contribution is 2.40. The van der Waals surface area contributed by atoms with Crippen LogP contribution in [0.2, 0.25) is 0 Å². The number of halogens is 1. The minimum Gasteiger partial charge on any atom is -0.347 e. The Morgan fingerprint density at radius 2 is 2.08 bits per heavy atom. The summed E-state index contributed by atoms with van der Waals surface area (Å²) in [5.74, 6) is 1.13. The third-order valence-electron chi connectivity index (χ3n) is 4.91. The summed E-state index contributed by atoms with van der Waals surface area (Å²) in [4.78, 5) is 18.3. The quantitative estimate of drug-likeness (QED) is 0.673. The molecule has 6 heterocycles. The minimum absolute atomic E-state index is 0.559. The molecule has 7 heteroatoms. The number of piperidine rings is 1. The second-order valence-electron chi connectivity index (χ2n) is 6.49. The van der Waals surface area contributed by atoms with Crippen LogP contribution in [0, 0.1) is 0 Å². The Labute approximate surface area is 152 Å². The molecule has 6 rings (SSSR count). The van der Waals surface area contributed by atoms with Crippen molar-refractivity contribution in [3.63, 3.8) is 0 Å². The molecule has 3 aromatic rings. The fraction of sp³-hybridized carbons (Fsp3) is 0.353. The van der Waals surface area contributed by atoms with Gasteiger partial charge in [0.05, 0.1) is 10.2 Å². The molecule has 2 bridgehead atoms. The zero-order chi connectivity index (χ0) is 16.1. The van der Waals surface area contributed by atoms with Gasteiger partial charge in [0.15, 0.2) is 5.82 Å². The van der Waals surface area contributed by atoms with Gasteiger partial charge in [0.2, 0.25) is 0 Å². The highest BCUT2D eigenvalue weighted by atomic mass is 79.9. The molecule has 3 aliphatic heterocycles. The van der Waals surface area contributed by atoms with Crippen molar-refractivity contribution in [2.75, 3.05) is 18.0 Å². The lowest BCUT2D eigenvalue weighted by atomic mass is 9.87. The first-order valence-corrected chi connectivity index (χ1v) is 9.73. The number of piperazine rings is 1. The molecule has 0 saturated carbocycles. The van der Waals surface area contributed by atoms with Crippen LogP contribution in [0.25, 0.3) is 10.2 Å². The molecule has 122 valence electrons. The molecule has 0 aromatic carbocycles. The Kier molecular flexibility index (Phi) is 3.53. The normalized spacial score (nSPS) is 23.5. The maximum atomic E-state index is 4.59. The van der Waals surface area contributed by atoms with Crippen LogP contribution in [0.4, 0.5) is 5.82 Å². The SMILES string of the molecule is Brc1cncc(CN2CC3CC(C2)N3c2ncnc3ccsc23)c1. The molecule has 24 heavy (non-hydrogen) atoms. The summed E-state index contributed by atoms with van der Waals surface area (Å²) in [5, 5.41) is 2.10. The van der Waals surface area contributed by atoms with Crippen LogP contribution in [0.3, 0.4) is 0 Å². The van der Waals surface area contributed by atoms with Gasteiger partial charge in [-0.15, -0.1) is 11.3 Å². The van der Waals surface area contributed by atoms with E-state index < -0.39 is 0 Å². The summed E-state index contributed by atoms with van der Waals surface area (Å²) < 4.78 is 2.27. The van der Waals surface area contributed by atoms with Gasteiger partial charge in [0, 0.05) is 48.6 Å². The van der Waals surface area contributed by atoms with Gasteiger partial charge in [-0.05, 0) is 45.4 Å². The molecule has 0 spiro atoms. The molecule has 5 nitrogen and oxygen atoms in total. The lowest BCUT2D eigenvalue weighted by molar-refractivity contribution is 0.108. The predicted octanol–water partition coefficient (Wildman–Crippen LogP) is 3.31. The van der Waals surface area contributed by atoms with Gasteiger partial charge in [0.25, 0.3) is 0 Å². The lowest BCUT2D eigenvalue weighted by Gasteiger charge is -2.57. The first-order valence-electron chi connectivity index (χ1n) is 8.06. The Morgan fingerprint density at radius 3 is 2.92 bits per heavy atom. The molecule has 2 atom stereocenters. The largest absolute Gasteiger partial charge is 0.347 e. The second-order valence-corrected chi connectivity index (χ2v) is 8.32. The van der Waals surface area contributed by atoms with E-state index in [2.05, 4.69) is 58.2 Å². The fourth-order valence-corrected chi connectivity index (χ4v) is 5.18. The molecular formula is C17H16BrN5S. The number of fused-ring (bicyclic) bond motifs is 3. The van der Waals surface area contributed by atoms with E-state index in [9.17, 15) is 0 Å². The van der Waals surface area contributed by atoms with Crippen LogP contribution < -0.4 is 4.90 Å². The first-order chi connectivity index (χ1) is 11.8. The van der Waals surface area contributed by atoms with E-state index in [0.29, 0.717) is 12.1 Å². The first kappa shape index (κ1) is 14.7. The zero-order valence-corrected chi connectivity index (χ0v) is 15.4. The molecule has 0 aliphatic carbocycles. The van der Waals surface area contributed by atoms with Crippen LogP contribution >= 0.6 is 27.3 Å². The summed E-state index contributed by atoms with van der Waals surface area (Å²) >= 11 is 5.25. The minimum atomic E-state index is 0.559. The van der Waals surface area contributed by atoms with Crippen LogP contribution in [-0.2, 0) is 6.54 Å². The van der Waals surface area contributed by atoms with Crippen molar-refractivity contribution >= 4 is 43.3 Å². The van der Waals surface area contributed by atoms with Crippen LogP contribution in [-0.4, -0.2) is 45.0 Å². The number of rotatable bonds is 3. The summed E-state index contributed by atoms with van der Waals surface area (Å²) in [6.45, 7) is 3.13. The van der Waals surface area contributed by atoms with E-state index >= 15 is 0 Å². The maximum Gasteiger partial charge on any atom is 0.150 e. The van der Waals surface area contributed by atoms with Gasteiger partial charge >= 0.3 is 0 Å². The number of aromatic nitrogens is 3. The molecule has 0 N–H and O–H groups in total. The Balaban J connectivity index is 1.35. The lowest BCUT2D eigenvalue weighted by Crippen LogP contribution is -2.69. The van der Waals surface area contributed by atoms with E-state index in [1.807, 2.05) is 12.4 Å². The van der Waals surface area contributed by atoms with E-state index in [-0.39, 0.29) is 0 Å². The van der Waals surface area contributed by atoms with Crippen molar-refractivity contribution in [2.24, 2.45) is 0 Å². The van der Waals surface area contributed by atoms with E-state index in [1.54, 1.807) is 17.7 Å². The highest BCUT2D eigenvalue weighted by molar-refractivity contribution is 9.10. The van der Waals surface area contributed by atoms with Gasteiger partial charge in [-0.25, -0.2) is 9.97 Å². The molecular weight excluding hydrogens is 386 g/mol. The average Bonchev–Trinajstić information content (AvgIpc) is 3.04. The van der Waals surface area contributed by atoms with Crippen LogP contribution in [0.15, 0.2) is 40.7 Å². The van der Waals surface area contributed by atoms with E-state index in [4.69, 9.17) is 0 Å². The molecule has 0 amide bonds. The smallest absolute Gasteiger partial charge is 0.150 e. The number of hydrogen-bond donors (Lipinski definition) is 0. The average molecular weight is 402 g/mol. The van der Waals surface area contributed by atoms with Crippen LogP contribution in [0.5, 0.6) is 0 Å². The standard InChI is InChI=1S/C17H16BrN5S/c18-12-3-11(5-19-6-12)7-22-8-13-4-14(9-22)23(13)17-16-15(1-2-24-16)20-10-21-17/h1-3,5-6,10,13-14H,4,7-9H2. The van der Waals surface area contributed by atoms with Crippen molar-refractivity contribution < 1.29 is 0 Å². The number of hydrogen-bond acceptors (Lipinski definition) is 6. The number of pyridine rings is 1. The molecule has 3 aromatic heterocycles. The van der Waals surface area contributed by atoms with Crippen molar-refractivity contribution in [1.82, 2.24) is 19.9 Å². The monoisotopic (exact) mass is 401 g/mol. The van der Waals surface area contributed by atoms with Gasteiger partial charge in [-0.2, -0.15) is 0 Å². The van der Waals surface area contributed by atoms with E-state index in [0.717, 1.165) is 35.4 Å². The van der Waals surface area contributed by atoms with Crippen molar-refractivity contribution in [3.05, 3.63) is 46.3 Å². The van der Waals surface area contributed by atoms with Gasteiger partial charge in [-0.1, -0.05) is 0 Å². The molecule has 2 unspecified atom stereocenters. The topological polar surface area (TPSA) is 45.2 Å². The van der Waals surface area contributed by atoms with Crippen molar-refractivity contribution in [3.8, 4) is 0 Å². The summed E-state index contributed by atoms with van der Waals surface area (Å²) in [6.07, 6.45) is 6.76. The summed E-state index contributed by atoms with van der Waals surface area (Å²) in [5.41, 5.74) is 2.33. The van der Waals surface area contributed by atoms with Gasteiger partial charge in [-0.3, -0.25) is 9.88 Å². The van der Waals surface area contributed by atoms with Crippen molar-refractivity contribution in [2.45, 2.75) is 25.0 Å². The van der Waals surface area contributed by atoms with Crippen molar-refractivity contribution in [1.29, 1.82) is 0 Å². The van der Waals surface area contributed by atoms with Gasteiger partial charge < -0.3 is 4.90 Å². The summed E-state index contributed by atoms with van der Waals surface area (Å²) in [6, 6.07) is 5.35. The number of thiophene rings is 1. The number of nitrogens with zero attached hydrogens (tertiary/aromatic N) is 5.